The fourth-order valence-corrected chi connectivity index (χ4v) is 2.64. The first-order chi connectivity index (χ1) is 9.52. The summed E-state index contributed by atoms with van der Waals surface area (Å²) in [6, 6.07) is -0.0581. The summed E-state index contributed by atoms with van der Waals surface area (Å²) in [4.78, 5) is 23.5. The van der Waals surface area contributed by atoms with Gasteiger partial charge in [-0.05, 0) is 44.6 Å². The molecule has 2 N–H and O–H groups in total. The Balaban J connectivity index is 2.38. The number of esters is 1. The third kappa shape index (κ3) is 6.37. The summed E-state index contributed by atoms with van der Waals surface area (Å²) in [6.45, 7) is 7.93. The number of carbonyl (C=O) groups is 2. The Kier molecular flexibility index (Phi) is 7.59. The van der Waals surface area contributed by atoms with Crippen molar-refractivity contribution in [3.8, 4) is 0 Å². The van der Waals surface area contributed by atoms with Gasteiger partial charge in [0.25, 0.3) is 0 Å². The van der Waals surface area contributed by atoms with Crippen LogP contribution in [0.2, 0.25) is 0 Å². The number of hydrogen-bond acceptors (Lipinski definition) is 4. The molecule has 5 nitrogen and oxygen atoms in total. The molecule has 20 heavy (non-hydrogen) atoms. The molecule has 0 aliphatic carbocycles. The van der Waals surface area contributed by atoms with Gasteiger partial charge in [0.1, 0.15) is 0 Å². The lowest BCUT2D eigenvalue weighted by Gasteiger charge is -2.20. The normalized spacial score (nSPS) is 19.9. The van der Waals surface area contributed by atoms with Gasteiger partial charge in [-0.25, -0.2) is 0 Å². The fraction of sp³-hybridized carbons (Fsp3) is 0.867. The lowest BCUT2D eigenvalue weighted by molar-refractivity contribution is -0.144. The molecule has 0 saturated carbocycles. The van der Waals surface area contributed by atoms with Gasteiger partial charge in [0.15, 0.2) is 0 Å². The zero-order chi connectivity index (χ0) is 15.0. The third-order valence-electron chi connectivity index (χ3n) is 3.51. The summed E-state index contributed by atoms with van der Waals surface area (Å²) in [5, 5.41) is 6.15. The summed E-state index contributed by atoms with van der Waals surface area (Å²) in [7, 11) is 0. The van der Waals surface area contributed by atoms with Gasteiger partial charge in [0.05, 0.1) is 19.1 Å². The highest BCUT2D eigenvalue weighted by molar-refractivity contribution is 5.82. The van der Waals surface area contributed by atoms with Crippen LogP contribution in [-0.2, 0) is 14.3 Å². The van der Waals surface area contributed by atoms with Crippen LogP contribution in [0.4, 0.5) is 0 Å². The van der Waals surface area contributed by atoms with Crippen LogP contribution >= 0.6 is 0 Å². The first-order valence-electron chi connectivity index (χ1n) is 7.69. The molecule has 2 atom stereocenters. The minimum absolute atomic E-state index is 0.0557. The number of amides is 1. The minimum atomic E-state index is -0.175. The molecule has 5 heteroatoms. The van der Waals surface area contributed by atoms with Crippen LogP contribution in [0.25, 0.3) is 0 Å². The predicted molar refractivity (Wildman–Crippen MR) is 78.2 cm³/mol. The molecule has 0 bridgehead atoms. The van der Waals surface area contributed by atoms with Crippen molar-refractivity contribution in [1.29, 1.82) is 0 Å². The molecule has 1 heterocycles. The van der Waals surface area contributed by atoms with E-state index in [1.807, 2.05) is 6.92 Å². The van der Waals surface area contributed by atoms with Crippen LogP contribution in [0, 0.1) is 11.8 Å². The van der Waals surface area contributed by atoms with E-state index in [1.54, 1.807) is 0 Å². The molecule has 0 radical (unpaired) electrons. The molecule has 1 aliphatic rings. The summed E-state index contributed by atoms with van der Waals surface area (Å²) < 4.78 is 5.00. The second-order valence-corrected chi connectivity index (χ2v) is 5.90. The van der Waals surface area contributed by atoms with Crippen molar-refractivity contribution < 1.29 is 14.3 Å². The van der Waals surface area contributed by atoms with E-state index in [1.165, 1.54) is 0 Å². The summed E-state index contributed by atoms with van der Waals surface area (Å²) in [5.41, 5.74) is 0. The average Bonchev–Trinajstić information content (AvgIpc) is 2.89. The maximum Gasteiger partial charge on any atom is 0.306 e. The maximum absolute atomic E-state index is 12.0. The Morgan fingerprint density at radius 3 is 2.70 bits per heavy atom. The lowest BCUT2D eigenvalue weighted by Crippen LogP contribution is -2.42. The first-order valence-corrected chi connectivity index (χ1v) is 7.69. The minimum Gasteiger partial charge on any atom is -0.466 e. The quantitative estimate of drug-likeness (QED) is 0.662. The maximum atomic E-state index is 12.0. The largest absolute Gasteiger partial charge is 0.466 e. The van der Waals surface area contributed by atoms with Gasteiger partial charge in [-0.2, -0.15) is 0 Å². The molecular formula is C15H28N2O3. The molecule has 1 fully saturated rings. The highest BCUT2D eigenvalue weighted by Gasteiger charge is 2.23. The molecule has 1 saturated heterocycles. The van der Waals surface area contributed by atoms with Crippen LogP contribution in [-0.4, -0.2) is 37.6 Å². The molecule has 0 spiro atoms. The van der Waals surface area contributed by atoms with Crippen LogP contribution in [0.1, 0.15) is 46.5 Å². The smallest absolute Gasteiger partial charge is 0.306 e. The van der Waals surface area contributed by atoms with E-state index in [9.17, 15) is 9.59 Å². The molecule has 116 valence electrons. The van der Waals surface area contributed by atoms with E-state index in [4.69, 9.17) is 4.74 Å². The van der Waals surface area contributed by atoms with E-state index in [-0.39, 0.29) is 23.8 Å². The molecule has 0 aromatic rings. The van der Waals surface area contributed by atoms with Gasteiger partial charge in [-0.1, -0.05) is 13.8 Å². The lowest BCUT2D eigenvalue weighted by atomic mass is 9.94. The topological polar surface area (TPSA) is 67.4 Å². The predicted octanol–water partition coefficient (Wildman–Crippen LogP) is 1.47. The first kappa shape index (κ1) is 17.0. The van der Waals surface area contributed by atoms with Crippen LogP contribution in [0.15, 0.2) is 0 Å². The van der Waals surface area contributed by atoms with Gasteiger partial charge in [0, 0.05) is 6.54 Å². The summed E-state index contributed by atoms with van der Waals surface area (Å²) in [5.74, 6) is 0.529. The Morgan fingerprint density at radius 1 is 1.40 bits per heavy atom. The Labute approximate surface area is 121 Å². The highest BCUT2D eigenvalue weighted by atomic mass is 16.5. The zero-order valence-corrected chi connectivity index (χ0v) is 12.9. The van der Waals surface area contributed by atoms with Crippen molar-refractivity contribution in [3.63, 3.8) is 0 Å². The highest BCUT2D eigenvalue weighted by Crippen LogP contribution is 2.16. The SMILES string of the molecule is CCOC(=O)C[C@@H](CNC(=O)[C@@H]1CCCN1)CC(C)C. The molecule has 1 aliphatic heterocycles. The molecule has 1 rings (SSSR count). The zero-order valence-electron chi connectivity index (χ0n) is 12.9. The summed E-state index contributed by atoms with van der Waals surface area (Å²) in [6.07, 6.45) is 3.25. The Hall–Kier alpha value is -1.10. The number of rotatable bonds is 8. The van der Waals surface area contributed by atoms with Crippen molar-refractivity contribution in [2.75, 3.05) is 19.7 Å². The van der Waals surface area contributed by atoms with Crippen LogP contribution in [0.3, 0.4) is 0 Å². The van der Waals surface area contributed by atoms with Gasteiger partial charge in [-0.15, -0.1) is 0 Å². The van der Waals surface area contributed by atoms with Gasteiger partial charge in [0.2, 0.25) is 5.91 Å². The Bertz CT molecular complexity index is 312. The average molecular weight is 284 g/mol. The van der Waals surface area contributed by atoms with E-state index in [2.05, 4.69) is 24.5 Å². The van der Waals surface area contributed by atoms with Gasteiger partial charge >= 0.3 is 5.97 Å². The van der Waals surface area contributed by atoms with E-state index < -0.39 is 0 Å². The monoisotopic (exact) mass is 284 g/mol. The number of nitrogens with one attached hydrogen (secondary N) is 2. The standard InChI is InChI=1S/C15H28N2O3/c1-4-20-14(18)9-12(8-11(2)3)10-17-15(19)13-6-5-7-16-13/h11-13,16H,4-10H2,1-3H3,(H,17,19)/t12-,13-/m0/s1. The van der Waals surface area contributed by atoms with Crippen molar-refractivity contribution in [1.82, 2.24) is 10.6 Å². The number of carbonyl (C=O) groups excluding carboxylic acids is 2. The molecule has 0 unspecified atom stereocenters. The second kappa shape index (κ2) is 8.95. The fourth-order valence-electron chi connectivity index (χ4n) is 2.64. The number of hydrogen-bond donors (Lipinski definition) is 2. The molecule has 0 aromatic heterocycles. The third-order valence-corrected chi connectivity index (χ3v) is 3.51. The van der Waals surface area contributed by atoms with Gasteiger partial charge < -0.3 is 15.4 Å². The van der Waals surface area contributed by atoms with E-state index in [0.29, 0.717) is 25.5 Å². The number of ether oxygens (including phenoxy) is 1. The summed E-state index contributed by atoms with van der Waals surface area (Å²) >= 11 is 0. The van der Waals surface area contributed by atoms with E-state index in [0.717, 1.165) is 25.8 Å². The van der Waals surface area contributed by atoms with Crippen molar-refractivity contribution in [3.05, 3.63) is 0 Å². The molecular weight excluding hydrogens is 256 g/mol. The molecule has 1 amide bonds. The van der Waals surface area contributed by atoms with Crippen molar-refractivity contribution in [2.24, 2.45) is 11.8 Å². The van der Waals surface area contributed by atoms with Crippen LogP contribution in [0.5, 0.6) is 0 Å². The van der Waals surface area contributed by atoms with Gasteiger partial charge in [-0.3, -0.25) is 9.59 Å². The van der Waals surface area contributed by atoms with Crippen LogP contribution < -0.4 is 10.6 Å². The Morgan fingerprint density at radius 2 is 2.15 bits per heavy atom. The van der Waals surface area contributed by atoms with E-state index >= 15 is 0 Å². The molecule has 0 aromatic carbocycles. The van der Waals surface area contributed by atoms with Crippen molar-refractivity contribution >= 4 is 11.9 Å². The second-order valence-electron chi connectivity index (χ2n) is 5.90. The van der Waals surface area contributed by atoms with Crippen molar-refractivity contribution in [2.45, 2.75) is 52.5 Å².